The van der Waals surface area contributed by atoms with Crippen LogP contribution in [0.1, 0.15) is 30.7 Å². The number of hydrazone groups is 1. The summed E-state index contributed by atoms with van der Waals surface area (Å²) in [5.41, 5.74) is 5.32. The van der Waals surface area contributed by atoms with Crippen LogP contribution in [0.25, 0.3) is 5.70 Å². The molecular weight excluding hydrogens is 434 g/mol. The average Bonchev–Trinajstić information content (AvgIpc) is 2.71. The molecule has 6 N–H and O–H groups in total. The van der Waals surface area contributed by atoms with Crippen LogP contribution in [-0.4, -0.2) is 45.4 Å². The molecule has 0 radical (unpaired) electrons. The number of hydrogen-bond acceptors (Lipinski definition) is 7. The van der Waals surface area contributed by atoms with E-state index in [4.69, 9.17) is 0 Å². The number of allylic oxidation sites excluding steroid dienone is 1. The fourth-order valence-electron chi connectivity index (χ4n) is 2.96. The molecule has 1 aliphatic rings. The van der Waals surface area contributed by atoms with Crippen LogP contribution in [0, 0.1) is 0 Å². The van der Waals surface area contributed by atoms with E-state index in [1.54, 1.807) is 48.8 Å². The molecule has 0 saturated carbocycles. The summed E-state index contributed by atoms with van der Waals surface area (Å²) in [6.45, 7) is 0. The quantitative estimate of drug-likeness (QED) is 0.334. The Bertz CT molecular complexity index is 1040. The number of pyridine rings is 2. The van der Waals surface area contributed by atoms with Crippen LogP contribution in [0.5, 0.6) is 0 Å². The molecule has 0 spiro atoms. The summed E-state index contributed by atoms with van der Waals surface area (Å²) in [6.07, 6.45) is 2.19. The van der Waals surface area contributed by atoms with Crippen LogP contribution < -0.4 is 5.43 Å². The lowest BCUT2D eigenvalue weighted by atomic mass is 9.97. The molecule has 1 aliphatic heterocycles. The molecule has 11 nitrogen and oxygen atoms in total. The predicted octanol–water partition coefficient (Wildman–Crippen LogP) is 1.37. The fourth-order valence-corrected chi connectivity index (χ4v) is 5.12. The largest absolute Gasteiger partial charge is 0.369 e. The summed E-state index contributed by atoms with van der Waals surface area (Å²) in [7, 11) is -11.1. The highest BCUT2D eigenvalue weighted by Crippen LogP contribution is 2.69. The normalized spacial score (nSPS) is 15.6. The monoisotopic (exact) mass is 454 g/mol. The average molecular weight is 454 g/mol. The number of aliphatic hydroxyl groups is 1. The van der Waals surface area contributed by atoms with Crippen molar-refractivity contribution in [3.05, 3.63) is 65.8 Å². The van der Waals surface area contributed by atoms with Crippen molar-refractivity contribution < 1.29 is 33.8 Å². The summed E-state index contributed by atoms with van der Waals surface area (Å²) in [5.74, 6) is 0. The van der Waals surface area contributed by atoms with Gasteiger partial charge >= 0.3 is 15.2 Å². The van der Waals surface area contributed by atoms with E-state index in [-0.39, 0.29) is 12.8 Å². The maximum absolute atomic E-state index is 11.7. The highest BCUT2D eigenvalue weighted by atomic mass is 31.2. The zero-order valence-electron chi connectivity index (χ0n) is 15.5. The van der Waals surface area contributed by atoms with Gasteiger partial charge in [-0.3, -0.25) is 24.5 Å². The van der Waals surface area contributed by atoms with Crippen molar-refractivity contribution in [2.75, 3.05) is 0 Å². The number of hydrogen-bond donors (Lipinski definition) is 6. The third kappa shape index (κ3) is 4.58. The van der Waals surface area contributed by atoms with Gasteiger partial charge in [-0.2, -0.15) is 5.10 Å². The molecule has 0 bridgehead atoms. The Morgan fingerprint density at radius 1 is 0.933 bits per heavy atom. The molecule has 0 aliphatic carbocycles. The van der Waals surface area contributed by atoms with Gasteiger partial charge in [0.15, 0.2) is 0 Å². The topological polar surface area (TPSA) is 185 Å². The molecule has 2 aromatic heterocycles. The van der Waals surface area contributed by atoms with Crippen molar-refractivity contribution in [3.63, 3.8) is 0 Å². The standard InChI is InChI=1S/C17H20N4O7P2/c22-17(29(23,24)25,30(26,27)28)8-7-12-11-15(13-5-1-3-9-18-13)20-21-16(12)14-6-2-4-10-19-14/h1-6,9-10,21-22H,7-8,11H2,(H2,23,24,25)(H2,26,27,28). The SMILES string of the molecule is O=P(O)(O)C(O)(CCC1=C(c2ccccn2)NN=C(c2ccccn2)C1)P(=O)(O)O. The highest BCUT2D eigenvalue weighted by Gasteiger charge is 2.58. The highest BCUT2D eigenvalue weighted by molar-refractivity contribution is 7.72. The first-order valence-corrected chi connectivity index (χ1v) is 12.0. The van der Waals surface area contributed by atoms with E-state index in [1.165, 1.54) is 0 Å². The van der Waals surface area contributed by atoms with Crippen LogP contribution in [-0.2, 0) is 9.13 Å². The van der Waals surface area contributed by atoms with Gasteiger partial charge in [0.2, 0.25) is 0 Å². The first-order chi connectivity index (χ1) is 14.0. The minimum atomic E-state index is -5.55. The fraction of sp³-hybridized carbons (Fsp3) is 0.235. The smallest absolute Gasteiger partial charge is 0.368 e. The zero-order chi connectivity index (χ0) is 22.0. The van der Waals surface area contributed by atoms with Crippen LogP contribution in [0.3, 0.4) is 0 Å². The van der Waals surface area contributed by atoms with Crippen molar-refractivity contribution >= 4 is 26.6 Å². The Morgan fingerprint density at radius 2 is 1.50 bits per heavy atom. The molecule has 30 heavy (non-hydrogen) atoms. The van der Waals surface area contributed by atoms with Gasteiger partial charge in [0.1, 0.15) is 0 Å². The number of rotatable bonds is 7. The molecule has 3 heterocycles. The van der Waals surface area contributed by atoms with Gasteiger partial charge < -0.3 is 24.7 Å². The number of nitrogens with zero attached hydrogens (tertiary/aromatic N) is 3. The van der Waals surface area contributed by atoms with Gasteiger partial charge in [0.25, 0.3) is 5.08 Å². The predicted molar refractivity (Wildman–Crippen MR) is 108 cm³/mol. The van der Waals surface area contributed by atoms with Crippen molar-refractivity contribution in [2.24, 2.45) is 5.10 Å². The van der Waals surface area contributed by atoms with Crippen molar-refractivity contribution in [3.8, 4) is 0 Å². The third-order valence-electron chi connectivity index (χ3n) is 4.61. The van der Waals surface area contributed by atoms with Gasteiger partial charge in [0, 0.05) is 25.2 Å². The van der Waals surface area contributed by atoms with E-state index >= 15 is 0 Å². The molecule has 160 valence electrons. The Balaban J connectivity index is 1.97. The van der Waals surface area contributed by atoms with Crippen LogP contribution >= 0.6 is 15.2 Å². The maximum atomic E-state index is 11.7. The molecule has 0 unspecified atom stereocenters. The van der Waals surface area contributed by atoms with E-state index in [0.29, 0.717) is 28.4 Å². The van der Waals surface area contributed by atoms with E-state index in [0.717, 1.165) is 0 Å². The van der Waals surface area contributed by atoms with Crippen molar-refractivity contribution in [1.82, 2.24) is 15.4 Å². The lowest BCUT2D eigenvalue weighted by Gasteiger charge is -2.30. The first-order valence-electron chi connectivity index (χ1n) is 8.74. The summed E-state index contributed by atoms with van der Waals surface area (Å²) >= 11 is 0. The van der Waals surface area contributed by atoms with E-state index in [9.17, 15) is 33.8 Å². The van der Waals surface area contributed by atoms with Crippen LogP contribution in [0.4, 0.5) is 0 Å². The number of aromatic nitrogens is 2. The summed E-state index contributed by atoms with van der Waals surface area (Å²) in [6, 6.07) is 10.3. The Morgan fingerprint density at radius 3 is 2.00 bits per heavy atom. The van der Waals surface area contributed by atoms with Crippen LogP contribution in [0.15, 0.2) is 59.5 Å². The Hall–Kier alpha value is -2.23. The van der Waals surface area contributed by atoms with Crippen molar-refractivity contribution in [1.29, 1.82) is 0 Å². The zero-order valence-corrected chi connectivity index (χ0v) is 17.3. The maximum Gasteiger partial charge on any atom is 0.369 e. The van der Waals surface area contributed by atoms with Gasteiger partial charge in [-0.1, -0.05) is 12.1 Å². The molecule has 0 fully saturated rings. The third-order valence-corrected chi connectivity index (χ3v) is 8.49. The van der Waals surface area contributed by atoms with Gasteiger partial charge in [-0.05, 0) is 36.3 Å². The van der Waals surface area contributed by atoms with E-state index in [1.807, 2.05) is 0 Å². The second kappa shape index (κ2) is 8.49. The molecular formula is C17H20N4O7P2. The second-order valence-corrected chi connectivity index (χ2v) is 10.6. The molecule has 0 amide bonds. The first kappa shape index (κ1) is 22.5. The summed E-state index contributed by atoms with van der Waals surface area (Å²) in [5, 5.41) is 11.0. The van der Waals surface area contributed by atoms with Crippen molar-refractivity contribution in [2.45, 2.75) is 24.3 Å². The lowest BCUT2D eigenvalue weighted by molar-refractivity contribution is 0.123. The van der Waals surface area contributed by atoms with Gasteiger partial charge in [-0.15, -0.1) is 0 Å². The molecule has 13 heteroatoms. The Kier molecular flexibility index (Phi) is 6.35. The Labute approximate surface area is 171 Å². The van der Waals surface area contributed by atoms with Crippen LogP contribution in [0.2, 0.25) is 0 Å². The second-order valence-electron chi connectivity index (χ2n) is 6.62. The summed E-state index contributed by atoms with van der Waals surface area (Å²) < 4.78 is 23.4. The minimum Gasteiger partial charge on any atom is -0.368 e. The molecule has 2 aromatic rings. The molecule has 0 aromatic carbocycles. The summed E-state index contributed by atoms with van der Waals surface area (Å²) in [4.78, 5) is 46.1. The molecule has 0 saturated heterocycles. The van der Waals surface area contributed by atoms with E-state index in [2.05, 4.69) is 20.5 Å². The van der Waals surface area contributed by atoms with Gasteiger partial charge in [0.05, 0.1) is 22.8 Å². The molecule has 3 rings (SSSR count). The van der Waals surface area contributed by atoms with E-state index < -0.39 is 26.7 Å². The number of nitrogens with one attached hydrogen (secondary N) is 1. The lowest BCUT2D eigenvalue weighted by Crippen LogP contribution is -2.29. The van der Waals surface area contributed by atoms with Gasteiger partial charge in [-0.25, -0.2) is 0 Å². The molecule has 0 atom stereocenters. The minimum absolute atomic E-state index is 0.175.